The number of rotatable bonds is 4. The van der Waals surface area contributed by atoms with E-state index >= 15 is 0 Å². The van der Waals surface area contributed by atoms with Crippen molar-refractivity contribution < 1.29 is 0 Å². The van der Waals surface area contributed by atoms with Gasteiger partial charge in [-0.2, -0.15) is 0 Å². The SMILES string of the molecule is CCNc1cc(C(C)(C)C)nc(Cc2ccc(C)cc2)n1. The fraction of sp³-hybridized carbons (Fsp3) is 0.444. The van der Waals surface area contributed by atoms with Crippen molar-refractivity contribution in [1.29, 1.82) is 0 Å². The van der Waals surface area contributed by atoms with Crippen LogP contribution in [0.1, 0.15) is 50.3 Å². The van der Waals surface area contributed by atoms with Crippen molar-refractivity contribution in [3.05, 3.63) is 53.0 Å². The van der Waals surface area contributed by atoms with Gasteiger partial charge in [-0.05, 0) is 19.4 Å². The summed E-state index contributed by atoms with van der Waals surface area (Å²) in [4.78, 5) is 9.39. The molecule has 1 aromatic carbocycles. The summed E-state index contributed by atoms with van der Waals surface area (Å²) < 4.78 is 0. The first-order valence-corrected chi connectivity index (χ1v) is 7.56. The number of nitrogens with one attached hydrogen (secondary N) is 1. The van der Waals surface area contributed by atoms with Crippen LogP contribution in [0.2, 0.25) is 0 Å². The van der Waals surface area contributed by atoms with Crippen LogP contribution in [0, 0.1) is 6.92 Å². The van der Waals surface area contributed by atoms with Gasteiger partial charge in [-0.15, -0.1) is 0 Å². The molecule has 3 nitrogen and oxygen atoms in total. The van der Waals surface area contributed by atoms with Gasteiger partial charge in [0.25, 0.3) is 0 Å². The van der Waals surface area contributed by atoms with Crippen molar-refractivity contribution in [1.82, 2.24) is 9.97 Å². The molecule has 1 heterocycles. The molecule has 0 spiro atoms. The number of nitrogens with zero attached hydrogens (tertiary/aromatic N) is 2. The molecule has 0 radical (unpaired) electrons. The van der Waals surface area contributed by atoms with Crippen molar-refractivity contribution in [3.8, 4) is 0 Å². The fourth-order valence-electron chi connectivity index (χ4n) is 2.12. The lowest BCUT2D eigenvalue weighted by Gasteiger charge is -2.19. The third kappa shape index (κ3) is 4.28. The Hall–Kier alpha value is -1.90. The average Bonchev–Trinajstić information content (AvgIpc) is 2.41. The fourth-order valence-corrected chi connectivity index (χ4v) is 2.12. The number of aryl methyl sites for hydroxylation is 1. The second kappa shape index (κ2) is 6.25. The first-order valence-electron chi connectivity index (χ1n) is 7.56. The van der Waals surface area contributed by atoms with E-state index in [1.807, 2.05) is 0 Å². The normalized spacial score (nSPS) is 11.5. The topological polar surface area (TPSA) is 37.8 Å². The quantitative estimate of drug-likeness (QED) is 0.917. The first-order chi connectivity index (χ1) is 9.88. The van der Waals surface area contributed by atoms with Gasteiger partial charge >= 0.3 is 0 Å². The average molecular weight is 283 g/mol. The molecule has 0 fully saturated rings. The molecule has 2 rings (SSSR count). The van der Waals surface area contributed by atoms with Crippen LogP contribution in [0.25, 0.3) is 0 Å². The van der Waals surface area contributed by atoms with Crippen LogP contribution in [0.4, 0.5) is 5.82 Å². The summed E-state index contributed by atoms with van der Waals surface area (Å²) >= 11 is 0. The number of anilines is 1. The van der Waals surface area contributed by atoms with Crippen LogP contribution in [0.15, 0.2) is 30.3 Å². The number of hydrogen-bond acceptors (Lipinski definition) is 3. The second-order valence-electron chi connectivity index (χ2n) is 6.50. The van der Waals surface area contributed by atoms with E-state index in [-0.39, 0.29) is 5.41 Å². The molecular weight excluding hydrogens is 258 g/mol. The summed E-state index contributed by atoms with van der Waals surface area (Å²) in [6, 6.07) is 10.6. The van der Waals surface area contributed by atoms with E-state index in [2.05, 4.69) is 75.3 Å². The van der Waals surface area contributed by atoms with E-state index in [9.17, 15) is 0 Å². The molecule has 112 valence electrons. The highest BCUT2D eigenvalue weighted by Crippen LogP contribution is 2.23. The number of benzene rings is 1. The number of hydrogen-bond donors (Lipinski definition) is 1. The molecule has 0 saturated carbocycles. The van der Waals surface area contributed by atoms with E-state index in [0.29, 0.717) is 0 Å². The molecule has 0 bridgehead atoms. The maximum Gasteiger partial charge on any atom is 0.135 e. The van der Waals surface area contributed by atoms with E-state index in [1.165, 1.54) is 11.1 Å². The van der Waals surface area contributed by atoms with Gasteiger partial charge < -0.3 is 5.32 Å². The Kier molecular flexibility index (Phi) is 4.61. The molecule has 1 N–H and O–H groups in total. The maximum atomic E-state index is 4.75. The van der Waals surface area contributed by atoms with Gasteiger partial charge in [-0.1, -0.05) is 50.6 Å². The summed E-state index contributed by atoms with van der Waals surface area (Å²) in [6.45, 7) is 11.6. The van der Waals surface area contributed by atoms with E-state index in [0.717, 1.165) is 30.3 Å². The van der Waals surface area contributed by atoms with Crippen LogP contribution in [0.3, 0.4) is 0 Å². The highest BCUT2D eigenvalue weighted by atomic mass is 15.0. The molecule has 2 aromatic rings. The summed E-state index contributed by atoms with van der Waals surface area (Å²) in [6.07, 6.45) is 0.766. The third-order valence-corrected chi connectivity index (χ3v) is 3.38. The summed E-state index contributed by atoms with van der Waals surface area (Å²) in [5, 5.41) is 3.30. The van der Waals surface area contributed by atoms with Crippen LogP contribution >= 0.6 is 0 Å². The van der Waals surface area contributed by atoms with Crippen molar-refractivity contribution >= 4 is 5.82 Å². The molecule has 0 saturated heterocycles. The zero-order valence-electron chi connectivity index (χ0n) is 13.7. The Bertz CT molecular complexity index is 595. The van der Waals surface area contributed by atoms with Crippen molar-refractivity contribution in [3.63, 3.8) is 0 Å². The molecule has 1 aromatic heterocycles. The lowest BCUT2D eigenvalue weighted by atomic mass is 9.92. The molecule has 0 aliphatic carbocycles. The molecule has 0 aliphatic heterocycles. The van der Waals surface area contributed by atoms with E-state index in [1.54, 1.807) is 0 Å². The van der Waals surface area contributed by atoms with Gasteiger partial charge in [-0.3, -0.25) is 0 Å². The highest BCUT2D eigenvalue weighted by Gasteiger charge is 2.18. The highest BCUT2D eigenvalue weighted by molar-refractivity contribution is 5.38. The predicted molar refractivity (Wildman–Crippen MR) is 88.9 cm³/mol. The minimum Gasteiger partial charge on any atom is -0.370 e. The monoisotopic (exact) mass is 283 g/mol. The molecule has 0 amide bonds. The van der Waals surface area contributed by atoms with Gasteiger partial charge in [0.1, 0.15) is 11.6 Å². The summed E-state index contributed by atoms with van der Waals surface area (Å²) in [7, 11) is 0. The molecular formula is C18H25N3. The van der Waals surface area contributed by atoms with Crippen LogP contribution < -0.4 is 5.32 Å². The minimum absolute atomic E-state index is 0.0230. The van der Waals surface area contributed by atoms with Crippen LogP contribution in [0.5, 0.6) is 0 Å². The van der Waals surface area contributed by atoms with Gasteiger partial charge in [0, 0.05) is 24.4 Å². The zero-order valence-corrected chi connectivity index (χ0v) is 13.7. The zero-order chi connectivity index (χ0) is 15.5. The molecule has 3 heteroatoms. The summed E-state index contributed by atoms with van der Waals surface area (Å²) in [5.41, 5.74) is 3.62. The molecule has 21 heavy (non-hydrogen) atoms. The lowest BCUT2D eigenvalue weighted by Crippen LogP contribution is -2.17. The smallest absolute Gasteiger partial charge is 0.135 e. The van der Waals surface area contributed by atoms with Gasteiger partial charge in [0.05, 0.1) is 5.69 Å². The minimum atomic E-state index is 0.0230. The molecule has 0 aliphatic rings. The van der Waals surface area contributed by atoms with Crippen LogP contribution in [-0.2, 0) is 11.8 Å². The Labute approximate surface area is 127 Å². The largest absolute Gasteiger partial charge is 0.370 e. The Balaban J connectivity index is 2.33. The second-order valence-corrected chi connectivity index (χ2v) is 6.50. The van der Waals surface area contributed by atoms with Crippen molar-refractivity contribution in [2.45, 2.75) is 46.5 Å². The van der Waals surface area contributed by atoms with Gasteiger partial charge in [-0.25, -0.2) is 9.97 Å². The van der Waals surface area contributed by atoms with E-state index < -0.39 is 0 Å². The van der Waals surface area contributed by atoms with Crippen molar-refractivity contribution in [2.75, 3.05) is 11.9 Å². The Morgan fingerprint density at radius 1 is 1.05 bits per heavy atom. The Morgan fingerprint density at radius 3 is 2.29 bits per heavy atom. The van der Waals surface area contributed by atoms with Gasteiger partial charge in [0.2, 0.25) is 0 Å². The lowest BCUT2D eigenvalue weighted by molar-refractivity contribution is 0.563. The summed E-state index contributed by atoms with van der Waals surface area (Å²) in [5.74, 6) is 1.79. The maximum absolute atomic E-state index is 4.75. The van der Waals surface area contributed by atoms with Crippen LogP contribution in [-0.4, -0.2) is 16.5 Å². The van der Waals surface area contributed by atoms with E-state index in [4.69, 9.17) is 4.98 Å². The number of aromatic nitrogens is 2. The molecule has 0 atom stereocenters. The first kappa shape index (κ1) is 15.5. The Morgan fingerprint density at radius 2 is 1.71 bits per heavy atom. The standard InChI is InChI=1S/C18H25N3/c1-6-19-16-12-15(18(3,4)5)20-17(21-16)11-14-9-7-13(2)8-10-14/h7-10,12H,6,11H2,1-5H3,(H,19,20,21). The third-order valence-electron chi connectivity index (χ3n) is 3.38. The predicted octanol–water partition coefficient (Wildman–Crippen LogP) is 4.11. The van der Waals surface area contributed by atoms with Crippen molar-refractivity contribution in [2.24, 2.45) is 0 Å². The van der Waals surface area contributed by atoms with Gasteiger partial charge in [0.15, 0.2) is 0 Å². The molecule has 0 unspecified atom stereocenters.